The van der Waals surface area contributed by atoms with Crippen molar-refractivity contribution in [1.82, 2.24) is 34.1 Å². The molecule has 0 unspecified atom stereocenters. The summed E-state index contributed by atoms with van der Waals surface area (Å²) in [5.41, 5.74) is 1.02. The molecule has 0 aliphatic carbocycles. The molecule has 0 bridgehead atoms. The number of halogens is 1. The number of tetrazole rings is 1. The van der Waals surface area contributed by atoms with E-state index in [4.69, 9.17) is 18.9 Å². The molecule has 4 aromatic carbocycles. The summed E-state index contributed by atoms with van der Waals surface area (Å²) in [6.45, 7) is 4.33. The van der Waals surface area contributed by atoms with E-state index in [-0.39, 0.29) is 44.1 Å². The fourth-order valence-corrected chi connectivity index (χ4v) is 11.0. The highest BCUT2D eigenvalue weighted by Gasteiger charge is 2.42. The maximum absolute atomic E-state index is 15.6. The van der Waals surface area contributed by atoms with Gasteiger partial charge in [-0.1, -0.05) is 36.4 Å². The highest BCUT2D eigenvalue weighted by atomic mass is 127. The number of amides is 1. The number of ether oxygens (including phenoxy) is 4. The van der Waals surface area contributed by atoms with Gasteiger partial charge in [0.2, 0.25) is 20.0 Å². The van der Waals surface area contributed by atoms with E-state index >= 15 is 8.42 Å². The molecule has 0 spiro atoms. The number of β-amino-alcohol motifs (C(OH)–C–C–N with tert-alkyl or cyclic N) is 1. The van der Waals surface area contributed by atoms with Crippen LogP contribution in [0.3, 0.4) is 0 Å². The summed E-state index contributed by atoms with van der Waals surface area (Å²) < 4.78 is 87.4. The number of aromatic nitrogens is 4. The largest absolute Gasteiger partial charge is 0.497 e. The van der Waals surface area contributed by atoms with Gasteiger partial charge in [-0.15, -0.1) is 5.10 Å². The second-order valence-corrected chi connectivity index (χ2v) is 19.6. The van der Waals surface area contributed by atoms with Crippen LogP contribution in [0.5, 0.6) is 17.2 Å². The van der Waals surface area contributed by atoms with Crippen molar-refractivity contribution >= 4 is 48.7 Å². The molecule has 6 rings (SSSR count). The molecule has 20 heteroatoms. The smallest absolute Gasteiger partial charge is 0.410 e. The van der Waals surface area contributed by atoms with E-state index in [0.29, 0.717) is 31.9 Å². The van der Waals surface area contributed by atoms with Gasteiger partial charge in [0.25, 0.3) is 0 Å². The number of rotatable bonds is 15. The minimum absolute atomic E-state index is 0.0170. The Bertz CT molecular complexity index is 2470. The zero-order valence-electron chi connectivity index (χ0n) is 33.8. The molecule has 17 nitrogen and oxygen atoms in total. The lowest BCUT2D eigenvalue weighted by Crippen LogP contribution is -2.44. The van der Waals surface area contributed by atoms with Gasteiger partial charge in [-0.05, 0) is 119 Å². The highest BCUT2D eigenvalue weighted by Crippen LogP contribution is 2.39. The Morgan fingerprint density at radius 1 is 0.817 bits per heavy atom. The van der Waals surface area contributed by atoms with Gasteiger partial charge in [0.1, 0.15) is 32.6 Å². The maximum Gasteiger partial charge on any atom is 0.410 e. The Hall–Kier alpha value is -4.87. The lowest BCUT2D eigenvalue weighted by molar-refractivity contribution is 0.0270. The summed E-state index contributed by atoms with van der Waals surface area (Å²) in [5, 5.41) is 23.4. The number of hydrogen-bond donors (Lipinski definition) is 2. The number of sulfonamides is 2. The number of hydrogen-bond acceptors (Lipinski definition) is 13. The summed E-state index contributed by atoms with van der Waals surface area (Å²) in [7, 11) is -5.06. The van der Waals surface area contributed by atoms with Gasteiger partial charge in [0, 0.05) is 23.2 Å². The van der Waals surface area contributed by atoms with Gasteiger partial charge in [-0.3, -0.25) is 0 Å². The Morgan fingerprint density at radius 2 is 1.33 bits per heavy atom. The maximum atomic E-state index is 15.6. The lowest BCUT2D eigenvalue weighted by atomic mass is 10.2. The summed E-state index contributed by atoms with van der Waals surface area (Å²) in [5.74, 6) is 1.73. The van der Waals surface area contributed by atoms with Crippen molar-refractivity contribution in [3.63, 3.8) is 0 Å². The number of methoxy groups -OCH3 is 3. The minimum atomic E-state index is -4.84. The van der Waals surface area contributed by atoms with Crippen LogP contribution in [-0.2, 0) is 44.4 Å². The van der Waals surface area contributed by atoms with Crippen LogP contribution < -0.4 is 18.9 Å². The standard InChI is InChI=1S/C40H46IN7O10S2/c1-40(2,3)58-39(50)46-24-33(34(49)25-46)43-59(51,52)35-20-19-32(41)36(38-42-44-45-48(38)23-28-11-17-31(57-6)18-12-28)37(35)60(53,54)47(21-26-7-13-29(55-4)14-8-26)22-27-9-15-30(56-5)16-10-27/h7-20,33-34,43,49H,21-25H2,1-6H3/t33-,34+/m0/s1. The Balaban J connectivity index is 1.51. The number of carbonyl (C=O) groups is 1. The predicted molar refractivity (Wildman–Crippen MR) is 228 cm³/mol. The zero-order chi connectivity index (χ0) is 43.4. The van der Waals surface area contributed by atoms with Crippen molar-refractivity contribution < 1.29 is 45.7 Å². The van der Waals surface area contributed by atoms with E-state index in [0.717, 1.165) is 5.56 Å². The van der Waals surface area contributed by atoms with Crippen LogP contribution in [0.15, 0.2) is 94.7 Å². The van der Waals surface area contributed by atoms with E-state index < -0.39 is 53.7 Å². The van der Waals surface area contributed by atoms with Crippen LogP contribution in [0.25, 0.3) is 11.4 Å². The third kappa shape index (κ3) is 10.3. The minimum Gasteiger partial charge on any atom is -0.497 e. The molecule has 1 fully saturated rings. The molecule has 5 aromatic rings. The van der Waals surface area contributed by atoms with Crippen LogP contribution >= 0.6 is 22.6 Å². The molecule has 320 valence electrons. The average Bonchev–Trinajstić information content (AvgIpc) is 3.82. The number of aliphatic hydroxyl groups is 1. The van der Waals surface area contributed by atoms with Gasteiger partial charge < -0.3 is 29.0 Å². The highest BCUT2D eigenvalue weighted by molar-refractivity contribution is 14.1. The lowest BCUT2D eigenvalue weighted by Gasteiger charge is -2.26. The van der Waals surface area contributed by atoms with Crippen molar-refractivity contribution in [2.45, 2.75) is 67.9 Å². The molecule has 2 N–H and O–H groups in total. The second-order valence-electron chi connectivity index (χ2n) is 14.9. The third-order valence-corrected chi connectivity index (χ3v) is 13.9. The Kier molecular flexibility index (Phi) is 13.7. The summed E-state index contributed by atoms with van der Waals surface area (Å²) in [4.78, 5) is 12.9. The van der Waals surface area contributed by atoms with Gasteiger partial charge in [-0.25, -0.2) is 31.0 Å². The molecule has 1 saturated heterocycles. The Labute approximate surface area is 362 Å². The normalized spacial score (nSPS) is 15.9. The van der Waals surface area contributed by atoms with E-state index in [1.54, 1.807) is 101 Å². The van der Waals surface area contributed by atoms with Crippen molar-refractivity contribution in [2.24, 2.45) is 0 Å². The van der Waals surface area contributed by atoms with Crippen molar-refractivity contribution in [3.05, 3.63) is 105 Å². The first-order chi connectivity index (χ1) is 28.4. The number of nitrogens with one attached hydrogen (secondary N) is 1. The molecule has 1 amide bonds. The first-order valence-corrected chi connectivity index (χ1v) is 22.6. The SMILES string of the molecule is COc1ccc(CN(Cc2ccc(OC)cc2)S(=O)(=O)c2c(S(=O)(=O)N[C@H]3CN(C(=O)OC(C)(C)C)C[C@H]3O)ccc(I)c2-c2nnnn2Cc2ccc(OC)cc2)cc1. The van der Waals surface area contributed by atoms with E-state index in [1.807, 2.05) is 22.6 Å². The molecule has 2 heterocycles. The van der Waals surface area contributed by atoms with Gasteiger partial charge in [0.15, 0.2) is 5.82 Å². The first-order valence-electron chi connectivity index (χ1n) is 18.6. The van der Waals surface area contributed by atoms with Gasteiger partial charge in [-0.2, -0.15) is 4.31 Å². The average molecular weight is 976 g/mol. The van der Waals surface area contributed by atoms with Crippen LogP contribution in [0.4, 0.5) is 4.79 Å². The van der Waals surface area contributed by atoms with Gasteiger partial charge in [0.05, 0.1) is 52.1 Å². The van der Waals surface area contributed by atoms with Crippen molar-refractivity contribution in [2.75, 3.05) is 34.4 Å². The van der Waals surface area contributed by atoms with Crippen molar-refractivity contribution in [3.8, 4) is 28.6 Å². The molecule has 1 aromatic heterocycles. The van der Waals surface area contributed by atoms with E-state index in [9.17, 15) is 18.3 Å². The topological polar surface area (TPSA) is 205 Å². The molecule has 1 aliphatic heterocycles. The Morgan fingerprint density at radius 3 is 1.83 bits per heavy atom. The van der Waals surface area contributed by atoms with Crippen LogP contribution in [0.2, 0.25) is 0 Å². The first kappa shape index (κ1) is 44.7. The summed E-state index contributed by atoms with van der Waals surface area (Å²) in [6.07, 6.45) is -2.08. The fourth-order valence-electron chi connectivity index (χ4n) is 6.47. The van der Waals surface area contributed by atoms with Crippen molar-refractivity contribution in [1.29, 1.82) is 0 Å². The number of carbonyl (C=O) groups excluding carboxylic acids is 1. The molecular formula is C40H46IN7O10S2. The number of nitrogens with zero attached hydrogens (tertiary/aromatic N) is 6. The molecule has 0 saturated carbocycles. The van der Waals surface area contributed by atoms with E-state index in [2.05, 4.69) is 20.2 Å². The van der Waals surface area contributed by atoms with Crippen LogP contribution in [0.1, 0.15) is 37.5 Å². The van der Waals surface area contributed by atoms with E-state index in [1.165, 1.54) is 40.2 Å². The predicted octanol–water partition coefficient (Wildman–Crippen LogP) is 4.67. The monoisotopic (exact) mass is 975 g/mol. The molecular weight excluding hydrogens is 930 g/mol. The summed E-state index contributed by atoms with van der Waals surface area (Å²) in [6, 6.07) is 22.2. The summed E-state index contributed by atoms with van der Waals surface area (Å²) >= 11 is 1.94. The zero-order valence-corrected chi connectivity index (χ0v) is 37.6. The van der Waals surface area contributed by atoms with Crippen LogP contribution in [0, 0.1) is 3.57 Å². The quantitative estimate of drug-likeness (QED) is 0.137. The fraction of sp³-hybridized carbons (Fsp3) is 0.350. The molecule has 0 radical (unpaired) electrons. The molecule has 2 atom stereocenters. The van der Waals surface area contributed by atoms with Gasteiger partial charge >= 0.3 is 6.09 Å². The number of benzene rings is 4. The number of likely N-dealkylation sites (tertiary alicyclic amines) is 1. The second kappa shape index (κ2) is 18.4. The third-order valence-electron chi connectivity index (χ3n) is 9.49. The van der Waals surface area contributed by atoms with Crippen LogP contribution in [-0.4, -0.2) is 110 Å². The number of aliphatic hydroxyl groups excluding tert-OH is 1. The molecule has 1 aliphatic rings. The molecule has 60 heavy (non-hydrogen) atoms.